The Balaban J connectivity index is 1.41. The molecule has 686 valence electrons. The number of anilines is 1. The molecule has 3 aromatic carbocycles. The molecular formula is C81H109N17O28. The molecule has 1 aromatic heterocycles. The van der Waals surface area contributed by atoms with Crippen LogP contribution < -0.4 is 95.4 Å². The van der Waals surface area contributed by atoms with Crippen LogP contribution >= 0.6 is 0 Å². The molecule has 4 aromatic rings. The molecule has 6 rings (SSSR count). The first-order valence-corrected chi connectivity index (χ1v) is 40.7. The number of rotatable bonds is 37. The van der Waals surface area contributed by atoms with Crippen LogP contribution in [0.25, 0.3) is 10.9 Å². The molecule has 24 N–H and O–H groups in total. The molecule has 3 heterocycles. The number of fused-ring (bicyclic) bond motifs is 2. The smallest absolute Gasteiger partial charge is 0.329 e. The van der Waals surface area contributed by atoms with Crippen molar-refractivity contribution in [1.82, 2.24) is 79.4 Å². The number of aromatic nitrogens is 1. The van der Waals surface area contributed by atoms with E-state index in [1.165, 1.54) is 30.3 Å². The predicted octanol–water partition coefficient (Wildman–Crippen LogP) is -4.72. The van der Waals surface area contributed by atoms with E-state index in [0.29, 0.717) is 35.1 Å². The fraction of sp³-hybridized carbons (Fsp3) is 0.506. The summed E-state index contributed by atoms with van der Waals surface area (Å²) in [6.45, 7) is -0.197. The molecule has 14 atom stereocenters. The Morgan fingerprint density at radius 1 is 0.556 bits per heavy atom. The van der Waals surface area contributed by atoms with Crippen molar-refractivity contribution in [1.29, 1.82) is 0 Å². The van der Waals surface area contributed by atoms with E-state index < -0.39 is 274 Å². The van der Waals surface area contributed by atoms with Gasteiger partial charge in [0.2, 0.25) is 88.8 Å². The first-order valence-electron chi connectivity index (χ1n) is 40.7. The normalized spacial score (nSPS) is 21.3. The molecule has 0 aliphatic carbocycles. The number of cyclic esters (lactones) is 1. The van der Waals surface area contributed by atoms with Gasteiger partial charge in [-0.05, 0) is 81.3 Å². The Morgan fingerprint density at radius 3 is 1.79 bits per heavy atom. The number of H-pyrrole nitrogens is 1. The van der Waals surface area contributed by atoms with Crippen LogP contribution in [0.15, 0.2) is 79.0 Å². The maximum Gasteiger partial charge on any atom is 0.329 e. The highest BCUT2D eigenvalue weighted by atomic mass is 16.6. The number of unbranched alkanes of at least 4 members (excludes halogenated alkanes) is 6. The number of aliphatic hydroxyl groups is 2. The largest absolute Gasteiger partial charge is 0.485 e. The minimum absolute atomic E-state index is 0.000590. The quantitative estimate of drug-likeness (QED) is 0.00873. The van der Waals surface area contributed by atoms with E-state index in [-0.39, 0.29) is 49.4 Å². The second kappa shape index (κ2) is 50.6. The number of nitrogens with one attached hydrogen (secondary N) is 15. The number of primary amides is 1. The van der Waals surface area contributed by atoms with Gasteiger partial charge in [-0.3, -0.25) is 91.1 Å². The Bertz CT molecular complexity index is 4600. The van der Waals surface area contributed by atoms with Crippen LogP contribution in [-0.2, 0) is 102 Å². The van der Waals surface area contributed by atoms with Gasteiger partial charge in [-0.1, -0.05) is 94.8 Å². The third kappa shape index (κ3) is 32.7. The summed E-state index contributed by atoms with van der Waals surface area (Å²) in [7, 11) is 0. The van der Waals surface area contributed by atoms with Crippen molar-refractivity contribution in [3.05, 3.63) is 90.1 Å². The maximum atomic E-state index is 15.0. The zero-order chi connectivity index (χ0) is 92.9. The Hall–Kier alpha value is -13.9. The van der Waals surface area contributed by atoms with Gasteiger partial charge in [-0.25, -0.2) is 4.79 Å². The highest BCUT2D eigenvalue weighted by Gasteiger charge is 2.41. The fourth-order valence-electron chi connectivity index (χ4n) is 13.2. The van der Waals surface area contributed by atoms with E-state index in [1.54, 1.807) is 48.7 Å². The molecule has 45 nitrogen and oxygen atoms in total. The number of amides is 15. The molecule has 15 amide bonds. The Labute approximate surface area is 721 Å². The predicted molar refractivity (Wildman–Crippen MR) is 440 cm³/mol. The van der Waals surface area contributed by atoms with Gasteiger partial charge in [-0.2, -0.15) is 0 Å². The van der Waals surface area contributed by atoms with E-state index in [4.69, 9.17) is 25.7 Å². The zero-order valence-electron chi connectivity index (χ0n) is 69.6. The maximum absolute atomic E-state index is 15.0. The molecule has 45 heteroatoms. The molecule has 0 saturated carbocycles. The Kier molecular flexibility index (Phi) is 40.6. The number of para-hydroxylation sites is 4. The molecule has 2 aliphatic heterocycles. The summed E-state index contributed by atoms with van der Waals surface area (Å²) in [5.41, 5.74) is 12.5. The van der Waals surface area contributed by atoms with Gasteiger partial charge in [0.05, 0.1) is 45.4 Å². The van der Waals surface area contributed by atoms with E-state index in [1.807, 2.05) is 16.0 Å². The Morgan fingerprint density at radius 2 is 1.13 bits per heavy atom. The summed E-state index contributed by atoms with van der Waals surface area (Å²) in [6, 6.07) is -3.73. The van der Waals surface area contributed by atoms with Gasteiger partial charge in [0.25, 0.3) is 5.91 Å². The van der Waals surface area contributed by atoms with Crippen LogP contribution in [-0.4, -0.2) is 267 Å². The number of Topliss-reactive ketones (excluding diaryl/α,β-unsaturated/α-hetero) is 1. The molecule has 126 heavy (non-hydrogen) atoms. The van der Waals surface area contributed by atoms with Crippen molar-refractivity contribution in [3.8, 4) is 11.5 Å². The number of carbonyl (C=O) groups excluding carboxylic acids is 17. The van der Waals surface area contributed by atoms with E-state index in [0.717, 1.165) is 52.9 Å². The lowest BCUT2D eigenvalue weighted by molar-refractivity contribution is -0.156. The topological polar surface area (TPSA) is 706 Å². The molecule has 0 radical (unpaired) electrons. The van der Waals surface area contributed by atoms with Crippen LogP contribution in [0, 0.1) is 5.92 Å². The molecule has 1 fully saturated rings. The number of ether oxygens (including phenoxy) is 3. The summed E-state index contributed by atoms with van der Waals surface area (Å²) in [5.74, 6) is -27.7. The van der Waals surface area contributed by atoms with E-state index >= 15 is 4.79 Å². The molecule has 0 spiro atoms. The summed E-state index contributed by atoms with van der Waals surface area (Å²) in [4.78, 5) is 280. The zero-order valence-corrected chi connectivity index (χ0v) is 69.6. The third-order valence-corrected chi connectivity index (χ3v) is 20.0. The standard InChI is InChI=1S/C81H109N17O28/c1-5-6-7-8-9-10-11-26-62(103)90-51(31-44-36-85-48-22-15-13-19-45(44)48)75(117)94-52(33-61(83)102)76(118)92-50(27-29-99)73(115)98-69-43(4)125-81(123)55(32-57(101)46-20-12-14-21-47(46)82)96-80(122)68(41(2)30-65(106)107)97-77(119)56(39-100)91-64(105)37-86-71(113)53(34-66(108)109)93-70(112)42(3)88-74(116)54(35-67(110)111)95-72(114)49(89-63(104)38-87-79(69)121)23-18-28-84-78(120)60-40-124-58-24-16-17-25-59(58)126-60/h12-17,19-22,24-25,36,41-43,49-56,60,68-69,85,99-100H,5-11,18,23,26-35,37-40,82H2,1-4H3,(H2,83,102)(H,84,120)(H,86,113)(H,87,121)(H,88,116)(H,89,104)(H,90,103)(H,91,105)(H,92,118)(H,93,112)(H,94,117)(H,95,114)(H,96,122)(H,97,119)(H,98,115)(H,106,107)(H,108,109)(H,110,111)/t41-,42-,43-,49+,50+,51+,52+,53+,54+,55+,56-,60?,68+,69+/m1/s1. The number of hydrogen-bond donors (Lipinski definition) is 22. The average Bonchev–Trinajstić information content (AvgIpc) is 1.73. The lowest BCUT2D eigenvalue weighted by Crippen LogP contribution is -2.61. The van der Waals surface area contributed by atoms with Crippen LogP contribution in [0.4, 0.5) is 5.69 Å². The molecule has 0 bridgehead atoms. The fourth-order valence-corrected chi connectivity index (χ4v) is 13.2. The van der Waals surface area contributed by atoms with Crippen LogP contribution in [0.1, 0.15) is 146 Å². The molecule has 2 aliphatic rings. The van der Waals surface area contributed by atoms with Gasteiger partial charge in [0, 0.05) is 60.8 Å². The van der Waals surface area contributed by atoms with Gasteiger partial charge < -0.3 is 131 Å². The minimum Gasteiger partial charge on any atom is -0.485 e. The summed E-state index contributed by atoms with van der Waals surface area (Å²) >= 11 is 0. The number of ketones is 1. The molecule has 1 saturated heterocycles. The summed E-state index contributed by atoms with van der Waals surface area (Å²) < 4.78 is 17.2. The second-order valence-electron chi connectivity index (χ2n) is 30.0. The monoisotopic (exact) mass is 1770 g/mol. The number of carboxylic acids is 3. The van der Waals surface area contributed by atoms with E-state index in [2.05, 4.69) is 70.4 Å². The number of aromatic amines is 1. The van der Waals surface area contributed by atoms with Crippen LogP contribution in [0.2, 0.25) is 0 Å². The first kappa shape index (κ1) is 101. The number of esters is 1. The van der Waals surface area contributed by atoms with E-state index in [9.17, 15) is 117 Å². The molecule has 1 unspecified atom stereocenters. The number of carboxylic acid groups (broad SMARTS) is 3. The first-order chi connectivity index (χ1) is 59.9. The van der Waals surface area contributed by atoms with Gasteiger partial charge >= 0.3 is 23.9 Å². The number of benzene rings is 3. The van der Waals surface area contributed by atoms with Crippen molar-refractivity contribution >= 4 is 135 Å². The second-order valence-corrected chi connectivity index (χ2v) is 30.0. The number of hydrogen-bond acceptors (Lipinski definition) is 26. The van der Waals surface area contributed by atoms with Crippen molar-refractivity contribution in [3.63, 3.8) is 0 Å². The lowest BCUT2D eigenvalue weighted by Gasteiger charge is -2.30. The number of aliphatic carboxylic acids is 3. The van der Waals surface area contributed by atoms with Crippen molar-refractivity contribution in [2.75, 3.05) is 45.2 Å². The van der Waals surface area contributed by atoms with Gasteiger partial charge in [0.1, 0.15) is 79.2 Å². The summed E-state index contributed by atoms with van der Waals surface area (Å²) in [6.07, 6.45) is -3.00. The third-order valence-electron chi connectivity index (χ3n) is 20.0. The summed E-state index contributed by atoms with van der Waals surface area (Å²) in [5, 5.41) is 82.7. The number of nitrogen functional groups attached to an aromatic ring is 1. The van der Waals surface area contributed by atoms with Crippen molar-refractivity contribution in [2.24, 2.45) is 11.7 Å². The SMILES string of the molecule is CCCCCCCCCC(=O)N[C@@H](Cc1c[nH]c2ccccc12)C(=O)N[C@@H](CC(N)=O)C(=O)N[C@@H](CCO)C(=O)N[C@@H]1C(=O)NCC(=O)N[C@@H](CCCNC(=O)C2COc3ccccc3O2)C(=O)N[C@@H](CC(=O)O)C(=O)N[C@H](C)C(=O)N[C@@H](CC(=O)O)C(=O)NCC(=O)N[C@H](CO)C(=O)N[C@@H]([C@H](C)CC(=O)O)C(=O)N[C@@H](CC(=O)c2ccccc2N)C(=O)O[C@@H]1C. The average molecular weight is 1770 g/mol. The van der Waals surface area contributed by atoms with Crippen molar-refractivity contribution < 1.29 is 136 Å². The number of aliphatic hydroxyl groups excluding tert-OH is 2. The lowest BCUT2D eigenvalue weighted by atomic mass is 9.96. The van der Waals surface area contributed by atoms with Gasteiger partial charge in [0.15, 0.2) is 17.3 Å². The van der Waals surface area contributed by atoms with Gasteiger partial charge in [-0.15, -0.1) is 0 Å². The number of nitrogens with two attached hydrogens (primary N) is 2. The highest BCUT2D eigenvalue weighted by Crippen LogP contribution is 2.31. The molecular weight excluding hydrogens is 1660 g/mol. The number of carbonyl (C=O) groups is 20. The highest BCUT2D eigenvalue weighted by molar-refractivity contribution is 6.05. The van der Waals surface area contributed by atoms with Crippen molar-refractivity contribution in [2.45, 2.75) is 216 Å². The van der Waals surface area contributed by atoms with Crippen LogP contribution in [0.5, 0.6) is 11.5 Å². The van der Waals surface area contributed by atoms with Crippen LogP contribution in [0.3, 0.4) is 0 Å². The minimum atomic E-state index is -2.39.